The van der Waals surface area contributed by atoms with Crippen molar-refractivity contribution in [3.05, 3.63) is 69.7 Å². The lowest BCUT2D eigenvalue weighted by atomic mass is 10.0. The number of rotatable bonds is 2. The molecule has 3 rings (SSSR count). The molecule has 3 aromatic carbocycles. The molecule has 0 aromatic heterocycles. The van der Waals surface area contributed by atoms with Gasteiger partial charge in [-0.15, -0.1) is 0 Å². The summed E-state index contributed by atoms with van der Waals surface area (Å²) in [6.45, 7) is 0. The number of hydrogen-bond acceptors (Lipinski definition) is 2. The summed E-state index contributed by atoms with van der Waals surface area (Å²) in [6, 6.07) is 19.5. The molecule has 0 fully saturated rings. The molecule has 1 N–H and O–H groups in total. The van der Waals surface area contributed by atoms with Gasteiger partial charge in [0.05, 0.1) is 22.3 Å². The molecule has 0 heterocycles. The SMILES string of the molecule is N#Cc1ccc(Nc2ccc(Br)cc2Cl)c2ccccc12. The van der Waals surface area contributed by atoms with Crippen LogP contribution in [0.4, 0.5) is 11.4 Å². The highest BCUT2D eigenvalue weighted by molar-refractivity contribution is 9.10. The minimum atomic E-state index is 0.637. The van der Waals surface area contributed by atoms with Gasteiger partial charge in [0.25, 0.3) is 0 Å². The average Bonchev–Trinajstić information content (AvgIpc) is 2.50. The van der Waals surface area contributed by atoms with E-state index in [9.17, 15) is 5.26 Å². The lowest BCUT2D eigenvalue weighted by molar-refractivity contribution is 1.50. The Labute approximate surface area is 136 Å². The second-order valence-corrected chi connectivity index (χ2v) is 5.89. The van der Waals surface area contributed by atoms with Gasteiger partial charge in [0, 0.05) is 20.9 Å². The fourth-order valence-corrected chi connectivity index (χ4v) is 2.96. The van der Waals surface area contributed by atoms with Gasteiger partial charge in [-0.2, -0.15) is 5.26 Å². The summed E-state index contributed by atoms with van der Waals surface area (Å²) in [5, 5.41) is 15.1. The Morgan fingerprint density at radius 1 is 0.952 bits per heavy atom. The molecule has 4 heteroatoms. The van der Waals surface area contributed by atoms with E-state index in [-0.39, 0.29) is 0 Å². The van der Waals surface area contributed by atoms with Gasteiger partial charge >= 0.3 is 0 Å². The molecule has 0 saturated heterocycles. The van der Waals surface area contributed by atoms with Crippen molar-refractivity contribution in [2.75, 3.05) is 5.32 Å². The van der Waals surface area contributed by atoms with Crippen molar-refractivity contribution in [3.8, 4) is 6.07 Å². The van der Waals surface area contributed by atoms with Gasteiger partial charge in [0.1, 0.15) is 0 Å². The van der Waals surface area contributed by atoms with Crippen molar-refractivity contribution in [1.29, 1.82) is 5.26 Å². The lowest BCUT2D eigenvalue weighted by Crippen LogP contribution is -1.93. The first-order valence-electron chi connectivity index (χ1n) is 6.33. The lowest BCUT2D eigenvalue weighted by Gasteiger charge is -2.12. The second kappa shape index (κ2) is 5.77. The topological polar surface area (TPSA) is 35.8 Å². The Hall–Kier alpha value is -2.02. The standard InChI is InChI=1S/C17H10BrClN2/c18-12-6-8-17(15(19)9-12)21-16-7-5-11(10-20)13-3-1-2-4-14(13)16/h1-9,21H. The molecule has 0 aliphatic carbocycles. The Morgan fingerprint density at radius 2 is 1.67 bits per heavy atom. The first-order valence-corrected chi connectivity index (χ1v) is 7.50. The zero-order valence-corrected chi connectivity index (χ0v) is 13.2. The summed E-state index contributed by atoms with van der Waals surface area (Å²) in [7, 11) is 0. The molecular weight excluding hydrogens is 348 g/mol. The van der Waals surface area contributed by atoms with Crippen LogP contribution in [0.15, 0.2) is 59.1 Å². The van der Waals surface area contributed by atoms with Crippen LogP contribution in [0.1, 0.15) is 5.56 Å². The van der Waals surface area contributed by atoms with E-state index in [1.807, 2.05) is 54.6 Å². The van der Waals surface area contributed by atoms with Crippen molar-refractivity contribution < 1.29 is 0 Å². The van der Waals surface area contributed by atoms with E-state index < -0.39 is 0 Å². The summed E-state index contributed by atoms with van der Waals surface area (Å²) in [4.78, 5) is 0. The van der Waals surface area contributed by atoms with Crippen LogP contribution in [0.3, 0.4) is 0 Å². The van der Waals surface area contributed by atoms with Crippen molar-refractivity contribution in [2.45, 2.75) is 0 Å². The quantitative estimate of drug-likeness (QED) is 0.622. The zero-order valence-electron chi connectivity index (χ0n) is 10.9. The molecule has 0 unspecified atom stereocenters. The molecule has 0 aliphatic rings. The maximum Gasteiger partial charge on any atom is 0.0998 e. The fraction of sp³-hybridized carbons (Fsp3) is 0. The number of nitriles is 1. The van der Waals surface area contributed by atoms with E-state index in [1.165, 1.54) is 0 Å². The molecule has 0 spiro atoms. The molecule has 0 radical (unpaired) electrons. The van der Waals surface area contributed by atoms with E-state index in [0.29, 0.717) is 10.6 Å². The van der Waals surface area contributed by atoms with Crippen LogP contribution >= 0.6 is 27.5 Å². The van der Waals surface area contributed by atoms with Crippen LogP contribution in [0.25, 0.3) is 10.8 Å². The summed E-state index contributed by atoms with van der Waals surface area (Å²) < 4.78 is 0.933. The van der Waals surface area contributed by atoms with Gasteiger partial charge in [-0.3, -0.25) is 0 Å². The monoisotopic (exact) mass is 356 g/mol. The fourth-order valence-electron chi connectivity index (χ4n) is 2.24. The van der Waals surface area contributed by atoms with E-state index in [2.05, 4.69) is 27.3 Å². The van der Waals surface area contributed by atoms with Gasteiger partial charge in [-0.05, 0) is 30.3 Å². The first kappa shape index (κ1) is 13.9. The minimum Gasteiger partial charge on any atom is -0.354 e. The molecule has 0 aliphatic heterocycles. The third kappa shape index (κ3) is 2.73. The molecule has 2 nitrogen and oxygen atoms in total. The van der Waals surface area contributed by atoms with Gasteiger partial charge in [0.2, 0.25) is 0 Å². The van der Waals surface area contributed by atoms with Gasteiger partial charge in [0.15, 0.2) is 0 Å². The van der Waals surface area contributed by atoms with E-state index >= 15 is 0 Å². The Morgan fingerprint density at radius 3 is 2.38 bits per heavy atom. The number of halogens is 2. The minimum absolute atomic E-state index is 0.637. The van der Waals surface area contributed by atoms with Crippen molar-refractivity contribution in [1.82, 2.24) is 0 Å². The van der Waals surface area contributed by atoms with Crippen LogP contribution in [0, 0.1) is 11.3 Å². The number of anilines is 2. The zero-order chi connectivity index (χ0) is 14.8. The van der Waals surface area contributed by atoms with Crippen molar-refractivity contribution >= 4 is 49.7 Å². The highest BCUT2D eigenvalue weighted by Gasteiger charge is 2.07. The van der Waals surface area contributed by atoms with Gasteiger partial charge in [-0.25, -0.2) is 0 Å². The predicted octanol–water partition coefficient (Wildman–Crippen LogP) is 5.87. The van der Waals surface area contributed by atoms with E-state index in [1.54, 1.807) is 0 Å². The predicted molar refractivity (Wildman–Crippen MR) is 91.1 cm³/mol. The number of benzene rings is 3. The van der Waals surface area contributed by atoms with Crippen molar-refractivity contribution in [2.24, 2.45) is 0 Å². The summed E-state index contributed by atoms with van der Waals surface area (Å²) in [6.07, 6.45) is 0. The summed E-state index contributed by atoms with van der Waals surface area (Å²) in [5.41, 5.74) is 2.42. The normalized spacial score (nSPS) is 10.3. The molecule has 0 saturated carbocycles. The van der Waals surface area contributed by atoms with Crippen LogP contribution < -0.4 is 5.32 Å². The number of fused-ring (bicyclic) bond motifs is 1. The highest BCUT2D eigenvalue weighted by atomic mass is 79.9. The van der Waals surface area contributed by atoms with E-state index in [4.69, 9.17) is 11.6 Å². The third-order valence-electron chi connectivity index (χ3n) is 3.24. The molecular formula is C17H10BrClN2. The van der Waals surface area contributed by atoms with Crippen molar-refractivity contribution in [3.63, 3.8) is 0 Å². The second-order valence-electron chi connectivity index (χ2n) is 4.57. The van der Waals surface area contributed by atoms with Gasteiger partial charge in [-0.1, -0.05) is 51.8 Å². The molecule has 102 valence electrons. The van der Waals surface area contributed by atoms with Gasteiger partial charge < -0.3 is 5.32 Å². The molecule has 0 bridgehead atoms. The Bertz CT molecular complexity index is 868. The molecule has 0 atom stereocenters. The smallest absolute Gasteiger partial charge is 0.0998 e. The molecule has 21 heavy (non-hydrogen) atoms. The van der Waals surface area contributed by atoms with Crippen LogP contribution in [0.2, 0.25) is 5.02 Å². The molecule has 3 aromatic rings. The Kier molecular flexibility index (Phi) is 3.83. The summed E-state index contributed by atoms with van der Waals surface area (Å²) in [5.74, 6) is 0. The van der Waals surface area contributed by atoms with E-state index in [0.717, 1.165) is 26.6 Å². The number of hydrogen-bond donors (Lipinski definition) is 1. The molecule has 0 amide bonds. The third-order valence-corrected chi connectivity index (χ3v) is 4.05. The number of nitrogens with one attached hydrogen (secondary N) is 1. The largest absolute Gasteiger partial charge is 0.354 e. The van der Waals surface area contributed by atoms with Crippen LogP contribution in [-0.2, 0) is 0 Å². The maximum absolute atomic E-state index is 9.19. The number of nitrogens with zero attached hydrogens (tertiary/aromatic N) is 1. The first-order chi connectivity index (χ1) is 10.2. The highest BCUT2D eigenvalue weighted by Crippen LogP contribution is 2.32. The van der Waals surface area contributed by atoms with Crippen LogP contribution in [0.5, 0.6) is 0 Å². The Balaban J connectivity index is 2.12. The summed E-state index contributed by atoms with van der Waals surface area (Å²) >= 11 is 9.64. The maximum atomic E-state index is 9.19. The average molecular weight is 358 g/mol. The van der Waals surface area contributed by atoms with Crippen LogP contribution in [-0.4, -0.2) is 0 Å².